The van der Waals surface area contributed by atoms with Gasteiger partial charge in [-0.05, 0) is 38.8 Å². The van der Waals surface area contributed by atoms with Crippen molar-refractivity contribution in [2.45, 2.75) is 37.0 Å². The topological polar surface area (TPSA) is 59.2 Å². The van der Waals surface area contributed by atoms with Crippen LogP contribution in [0.2, 0.25) is 5.15 Å². The molecule has 122 valence electrons. The van der Waals surface area contributed by atoms with E-state index in [0.29, 0.717) is 27.4 Å². The molecule has 1 amide bonds. The first-order valence-electron chi connectivity index (χ1n) is 7.56. The van der Waals surface area contributed by atoms with Crippen LogP contribution in [0, 0.1) is 13.8 Å². The standard InChI is InChI=1S/C16H18ClN3O2S/c1-10-15(11(2)22-19-10)16(21)20-8-6-12(7-9-20)23-14-5-3-4-13(17)18-14/h3-5,12H,6-9H2,1-2H3. The Kier molecular flexibility index (Phi) is 4.92. The number of carbonyl (C=O) groups is 1. The van der Waals surface area contributed by atoms with E-state index in [4.69, 9.17) is 16.1 Å². The number of rotatable bonds is 3. The molecule has 0 unspecified atom stereocenters. The molecular weight excluding hydrogens is 334 g/mol. The Hall–Kier alpha value is -1.53. The number of nitrogens with zero attached hydrogens (tertiary/aromatic N) is 3. The first-order valence-corrected chi connectivity index (χ1v) is 8.81. The highest BCUT2D eigenvalue weighted by Gasteiger charge is 2.28. The minimum atomic E-state index is 0.0191. The predicted octanol–water partition coefficient (Wildman–Crippen LogP) is 3.74. The summed E-state index contributed by atoms with van der Waals surface area (Å²) in [4.78, 5) is 18.8. The highest BCUT2D eigenvalue weighted by Crippen LogP contribution is 2.30. The van der Waals surface area contributed by atoms with Gasteiger partial charge in [0.05, 0.1) is 10.7 Å². The van der Waals surface area contributed by atoms with Gasteiger partial charge in [0.15, 0.2) is 0 Å². The van der Waals surface area contributed by atoms with Gasteiger partial charge in [-0.2, -0.15) is 0 Å². The maximum absolute atomic E-state index is 12.6. The number of hydrogen-bond donors (Lipinski definition) is 0. The Morgan fingerprint density at radius 3 is 2.70 bits per heavy atom. The molecule has 3 rings (SSSR count). The predicted molar refractivity (Wildman–Crippen MR) is 90.0 cm³/mol. The van der Waals surface area contributed by atoms with Crippen LogP contribution < -0.4 is 0 Å². The number of hydrogen-bond acceptors (Lipinski definition) is 5. The zero-order valence-electron chi connectivity index (χ0n) is 13.1. The van der Waals surface area contributed by atoms with Gasteiger partial charge in [0.2, 0.25) is 0 Å². The van der Waals surface area contributed by atoms with Gasteiger partial charge >= 0.3 is 0 Å². The molecule has 23 heavy (non-hydrogen) atoms. The van der Waals surface area contributed by atoms with Crippen LogP contribution in [-0.4, -0.2) is 39.3 Å². The molecule has 1 saturated heterocycles. The number of aromatic nitrogens is 2. The van der Waals surface area contributed by atoms with Crippen molar-refractivity contribution in [3.8, 4) is 0 Å². The summed E-state index contributed by atoms with van der Waals surface area (Å²) < 4.78 is 5.10. The SMILES string of the molecule is Cc1noc(C)c1C(=O)N1CCC(Sc2cccc(Cl)n2)CC1. The first-order chi connectivity index (χ1) is 11.0. The fraction of sp³-hybridized carbons (Fsp3) is 0.438. The van der Waals surface area contributed by atoms with Gasteiger partial charge in [-0.1, -0.05) is 22.8 Å². The Morgan fingerprint density at radius 1 is 1.35 bits per heavy atom. The molecule has 0 N–H and O–H groups in total. The molecule has 0 aliphatic carbocycles. The largest absolute Gasteiger partial charge is 0.361 e. The minimum Gasteiger partial charge on any atom is -0.361 e. The lowest BCUT2D eigenvalue weighted by Gasteiger charge is -2.31. The molecule has 1 aliphatic heterocycles. The van der Waals surface area contributed by atoms with Crippen molar-refractivity contribution in [2.24, 2.45) is 0 Å². The Labute approximate surface area is 144 Å². The smallest absolute Gasteiger partial charge is 0.259 e. The van der Waals surface area contributed by atoms with Crippen molar-refractivity contribution < 1.29 is 9.32 Å². The molecule has 1 fully saturated rings. The molecule has 0 spiro atoms. The number of halogens is 1. The number of thioether (sulfide) groups is 1. The second-order valence-corrected chi connectivity index (χ2v) is 7.32. The Morgan fingerprint density at radius 2 is 2.09 bits per heavy atom. The Balaban J connectivity index is 1.59. The zero-order valence-corrected chi connectivity index (χ0v) is 14.7. The van der Waals surface area contributed by atoms with Gasteiger partial charge in [-0.3, -0.25) is 4.79 Å². The fourth-order valence-corrected chi connectivity index (χ4v) is 4.06. The molecule has 0 bridgehead atoms. The van der Waals surface area contributed by atoms with Crippen LogP contribution in [0.4, 0.5) is 0 Å². The fourth-order valence-electron chi connectivity index (χ4n) is 2.75. The third-order valence-electron chi connectivity index (χ3n) is 3.95. The normalized spacial score (nSPS) is 15.9. The highest BCUT2D eigenvalue weighted by atomic mass is 35.5. The van der Waals surface area contributed by atoms with Gasteiger partial charge in [0.25, 0.3) is 5.91 Å². The van der Waals surface area contributed by atoms with E-state index in [2.05, 4.69) is 10.1 Å². The maximum atomic E-state index is 12.6. The molecule has 3 heterocycles. The summed E-state index contributed by atoms with van der Waals surface area (Å²) in [6.07, 6.45) is 1.88. The van der Waals surface area contributed by atoms with Crippen LogP contribution in [0.3, 0.4) is 0 Å². The number of aryl methyl sites for hydroxylation is 2. The molecule has 0 aromatic carbocycles. The third kappa shape index (κ3) is 3.70. The van der Waals surface area contributed by atoms with Crippen molar-refractivity contribution in [2.75, 3.05) is 13.1 Å². The number of likely N-dealkylation sites (tertiary alicyclic amines) is 1. The second kappa shape index (κ2) is 6.93. The first kappa shape index (κ1) is 16.3. The molecule has 2 aromatic heterocycles. The highest BCUT2D eigenvalue weighted by molar-refractivity contribution is 7.99. The van der Waals surface area contributed by atoms with E-state index in [1.54, 1.807) is 31.7 Å². The molecular formula is C16H18ClN3O2S. The van der Waals surface area contributed by atoms with Crippen LogP contribution >= 0.6 is 23.4 Å². The van der Waals surface area contributed by atoms with Crippen molar-refractivity contribution in [1.29, 1.82) is 0 Å². The van der Waals surface area contributed by atoms with Gasteiger partial charge < -0.3 is 9.42 Å². The van der Waals surface area contributed by atoms with Gasteiger partial charge in [0.1, 0.15) is 16.5 Å². The molecule has 0 saturated carbocycles. The van der Waals surface area contributed by atoms with Crippen molar-refractivity contribution in [1.82, 2.24) is 15.0 Å². The average Bonchev–Trinajstić information content (AvgIpc) is 2.86. The van der Waals surface area contributed by atoms with E-state index in [1.807, 2.05) is 17.0 Å². The van der Waals surface area contributed by atoms with E-state index < -0.39 is 0 Å². The van der Waals surface area contributed by atoms with Crippen LogP contribution in [0.15, 0.2) is 27.7 Å². The average molecular weight is 352 g/mol. The van der Waals surface area contributed by atoms with Crippen molar-refractivity contribution in [3.05, 3.63) is 40.4 Å². The van der Waals surface area contributed by atoms with Crippen molar-refractivity contribution >= 4 is 29.3 Å². The lowest BCUT2D eigenvalue weighted by atomic mass is 10.1. The van der Waals surface area contributed by atoms with Crippen molar-refractivity contribution in [3.63, 3.8) is 0 Å². The lowest BCUT2D eigenvalue weighted by molar-refractivity contribution is 0.0725. The van der Waals surface area contributed by atoms with Crippen LogP contribution in [0.5, 0.6) is 0 Å². The molecule has 1 aliphatic rings. The van der Waals surface area contributed by atoms with Gasteiger partial charge in [-0.25, -0.2) is 4.98 Å². The summed E-state index contributed by atoms with van der Waals surface area (Å²) in [5.41, 5.74) is 1.26. The monoisotopic (exact) mass is 351 g/mol. The summed E-state index contributed by atoms with van der Waals surface area (Å²) in [5.74, 6) is 0.609. The van der Waals surface area contributed by atoms with E-state index in [1.165, 1.54) is 0 Å². The summed E-state index contributed by atoms with van der Waals surface area (Å²) in [5, 5.41) is 5.77. The molecule has 5 nitrogen and oxygen atoms in total. The van der Waals surface area contributed by atoms with Crippen LogP contribution in [-0.2, 0) is 0 Å². The number of carbonyl (C=O) groups excluding carboxylic acids is 1. The Bertz CT molecular complexity index is 692. The third-order valence-corrected chi connectivity index (χ3v) is 5.44. The van der Waals surface area contributed by atoms with E-state index in [9.17, 15) is 4.79 Å². The molecule has 2 aromatic rings. The second-order valence-electron chi connectivity index (χ2n) is 5.61. The van der Waals surface area contributed by atoms with E-state index >= 15 is 0 Å². The summed E-state index contributed by atoms with van der Waals surface area (Å²) in [7, 11) is 0. The summed E-state index contributed by atoms with van der Waals surface area (Å²) in [6, 6.07) is 5.65. The molecule has 7 heteroatoms. The number of piperidine rings is 1. The van der Waals surface area contributed by atoms with E-state index in [0.717, 1.165) is 31.0 Å². The number of pyridine rings is 1. The van der Waals surface area contributed by atoms with Crippen LogP contribution in [0.1, 0.15) is 34.7 Å². The molecule has 0 radical (unpaired) electrons. The van der Waals surface area contributed by atoms with Crippen LogP contribution in [0.25, 0.3) is 0 Å². The number of amides is 1. The lowest BCUT2D eigenvalue weighted by Crippen LogP contribution is -2.39. The summed E-state index contributed by atoms with van der Waals surface area (Å²) in [6.45, 7) is 5.06. The minimum absolute atomic E-state index is 0.0191. The summed E-state index contributed by atoms with van der Waals surface area (Å²) >= 11 is 7.65. The zero-order chi connectivity index (χ0) is 16.4. The quantitative estimate of drug-likeness (QED) is 0.788. The van der Waals surface area contributed by atoms with Gasteiger partial charge in [-0.15, -0.1) is 11.8 Å². The van der Waals surface area contributed by atoms with Gasteiger partial charge in [0, 0.05) is 18.3 Å². The van der Waals surface area contributed by atoms with E-state index in [-0.39, 0.29) is 5.91 Å². The molecule has 0 atom stereocenters. The maximum Gasteiger partial charge on any atom is 0.259 e.